The molecule has 0 aliphatic rings. The van der Waals surface area contributed by atoms with Crippen LogP contribution < -0.4 is 40.4 Å². The fraction of sp³-hybridized carbons (Fsp3) is 0.125. The summed E-state index contributed by atoms with van der Waals surface area (Å²) in [7, 11) is 0. The van der Waals surface area contributed by atoms with Crippen LogP contribution in [0.25, 0.3) is 0 Å². The Morgan fingerprint density at radius 2 is 2.15 bits per heavy atom. The van der Waals surface area contributed by atoms with E-state index in [9.17, 15) is 9.90 Å². The minimum atomic E-state index is -1.60. The summed E-state index contributed by atoms with van der Waals surface area (Å²) in [6, 6.07) is 6.03. The zero-order valence-electron chi connectivity index (χ0n) is 7.23. The number of aliphatic hydroxyl groups excluding tert-OH is 1. The van der Waals surface area contributed by atoms with Crippen molar-refractivity contribution in [1.82, 2.24) is 0 Å². The molecule has 64 valence electrons. The zero-order chi connectivity index (χ0) is 9.14. The smallest absolute Gasteiger partial charge is 0.547 e. The van der Waals surface area contributed by atoms with Gasteiger partial charge >= 0.3 is 29.6 Å². The summed E-state index contributed by atoms with van der Waals surface area (Å²) < 4.78 is 0. The molecule has 5 heteroatoms. The van der Waals surface area contributed by atoms with Gasteiger partial charge in [-0.05, 0) is 17.7 Å². The molecule has 0 amide bonds. The maximum Gasteiger partial charge on any atom is 1.00 e. The summed E-state index contributed by atoms with van der Waals surface area (Å²) in [5.41, 5.74) is 6.01. The molecular formula is C8H8NNaO3. The fourth-order valence-corrected chi connectivity index (χ4v) is 0.865. The molecule has 1 atom stereocenters. The summed E-state index contributed by atoms with van der Waals surface area (Å²) in [5.74, 6) is -1.53. The second-order valence-electron chi connectivity index (χ2n) is 2.39. The maximum atomic E-state index is 10.2. The number of nitrogen functional groups attached to an aromatic ring is 1. The van der Waals surface area contributed by atoms with Gasteiger partial charge in [-0.2, -0.15) is 0 Å². The first-order chi connectivity index (χ1) is 5.61. The van der Waals surface area contributed by atoms with Gasteiger partial charge in [0.1, 0.15) is 6.10 Å². The van der Waals surface area contributed by atoms with Crippen LogP contribution in [0.5, 0.6) is 0 Å². The number of anilines is 1. The number of nitrogens with two attached hydrogens (primary N) is 1. The van der Waals surface area contributed by atoms with Gasteiger partial charge in [0.2, 0.25) is 0 Å². The van der Waals surface area contributed by atoms with Crippen LogP contribution in [0, 0.1) is 0 Å². The quantitative estimate of drug-likeness (QED) is 0.367. The molecule has 0 aliphatic heterocycles. The summed E-state index contributed by atoms with van der Waals surface area (Å²) in [5, 5.41) is 19.2. The Morgan fingerprint density at radius 1 is 1.54 bits per heavy atom. The third kappa shape index (κ3) is 3.36. The Morgan fingerprint density at radius 3 is 2.62 bits per heavy atom. The molecule has 0 radical (unpaired) electrons. The van der Waals surface area contributed by atoms with Crippen LogP contribution in [0.2, 0.25) is 0 Å². The van der Waals surface area contributed by atoms with E-state index in [2.05, 4.69) is 0 Å². The van der Waals surface area contributed by atoms with Crippen molar-refractivity contribution in [2.45, 2.75) is 6.10 Å². The monoisotopic (exact) mass is 189 g/mol. The molecule has 1 rings (SSSR count). The third-order valence-electron chi connectivity index (χ3n) is 1.45. The van der Waals surface area contributed by atoms with E-state index in [1.54, 1.807) is 12.1 Å². The normalized spacial score (nSPS) is 11.5. The van der Waals surface area contributed by atoms with Crippen LogP contribution in [-0.4, -0.2) is 11.1 Å². The average molecular weight is 189 g/mol. The van der Waals surface area contributed by atoms with Crippen molar-refractivity contribution in [2.24, 2.45) is 0 Å². The number of aliphatic carboxylic acids is 1. The van der Waals surface area contributed by atoms with E-state index in [0.717, 1.165) is 0 Å². The van der Waals surface area contributed by atoms with Crippen LogP contribution >= 0.6 is 0 Å². The van der Waals surface area contributed by atoms with Crippen molar-refractivity contribution in [1.29, 1.82) is 0 Å². The predicted octanol–water partition coefficient (Wildman–Crippen LogP) is -3.94. The number of rotatable bonds is 2. The van der Waals surface area contributed by atoms with Crippen LogP contribution in [-0.2, 0) is 4.79 Å². The average Bonchev–Trinajstić information content (AvgIpc) is 2.03. The molecule has 0 aliphatic carbocycles. The number of carbonyl (C=O) groups excluding carboxylic acids is 1. The second kappa shape index (κ2) is 5.24. The molecule has 0 heterocycles. The van der Waals surface area contributed by atoms with E-state index in [-0.39, 0.29) is 35.1 Å². The zero-order valence-corrected chi connectivity index (χ0v) is 9.23. The van der Waals surface area contributed by atoms with Gasteiger partial charge in [-0.15, -0.1) is 0 Å². The topological polar surface area (TPSA) is 86.4 Å². The third-order valence-corrected chi connectivity index (χ3v) is 1.45. The Bertz CT molecular complexity index is 303. The standard InChI is InChI=1S/C8H9NO3.Na/c9-6-3-1-2-5(4-6)7(10)8(11)12;/h1-4,7,10H,9H2,(H,11,12);/q;+1/p-1/t7-;/m0./s1. The van der Waals surface area contributed by atoms with E-state index in [4.69, 9.17) is 10.8 Å². The SMILES string of the molecule is Nc1cccc([C@H](O)C(=O)[O-])c1.[Na+]. The number of hydrogen-bond acceptors (Lipinski definition) is 4. The van der Waals surface area contributed by atoms with Gasteiger partial charge in [-0.1, -0.05) is 12.1 Å². The van der Waals surface area contributed by atoms with Crippen molar-refractivity contribution >= 4 is 11.7 Å². The fourth-order valence-electron chi connectivity index (χ4n) is 0.865. The van der Waals surface area contributed by atoms with E-state index in [1.807, 2.05) is 0 Å². The molecule has 0 unspecified atom stereocenters. The molecule has 0 aromatic heterocycles. The van der Waals surface area contributed by atoms with Gasteiger partial charge in [-0.25, -0.2) is 0 Å². The van der Waals surface area contributed by atoms with Gasteiger partial charge < -0.3 is 20.7 Å². The van der Waals surface area contributed by atoms with Gasteiger partial charge in [0.15, 0.2) is 0 Å². The Hall–Kier alpha value is -0.550. The summed E-state index contributed by atoms with van der Waals surface area (Å²) in [6.45, 7) is 0. The van der Waals surface area contributed by atoms with Gasteiger partial charge in [-0.3, -0.25) is 0 Å². The maximum absolute atomic E-state index is 10.2. The van der Waals surface area contributed by atoms with E-state index >= 15 is 0 Å². The van der Waals surface area contributed by atoms with Crippen LogP contribution in [0.15, 0.2) is 24.3 Å². The van der Waals surface area contributed by atoms with Crippen LogP contribution in [0.4, 0.5) is 5.69 Å². The number of hydrogen-bond donors (Lipinski definition) is 2. The number of benzene rings is 1. The molecule has 4 nitrogen and oxygen atoms in total. The molecule has 13 heavy (non-hydrogen) atoms. The molecule has 3 N–H and O–H groups in total. The van der Waals surface area contributed by atoms with Crippen molar-refractivity contribution in [3.63, 3.8) is 0 Å². The number of carbonyl (C=O) groups is 1. The summed E-state index contributed by atoms with van der Waals surface area (Å²) >= 11 is 0. The Labute approximate surface area is 97.7 Å². The van der Waals surface area contributed by atoms with E-state index < -0.39 is 12.1 Å². The minimum Gasteiger partial charge on any atom is -0.547 e. The summed E-state index contributed by atoms with van der Waals surface area (Å²) in [4.78, 5) is 10.2. The van der Waals surface area contributed by atoms with E-state index in [1.165, 1.54) is 12.1 Å². The molecule has 1 aromatic rings. The van der Waals surface area contributed by atoms with Crippen molar-refractivity contribution < 1.29 is 44.6 Å². The Balaban J connectivity index is 0.00000144. The molecule has 0 spiro atoms. The molecular weight excluding hydrogens is 181 g/mol. The van der Waals surface area contributed by atoms with Gasteiger partial charge in [0.05, 0.1) is 5.97 Å². The number of carboxylic acid groups (broad SMARTS) is 1. The first-order valence-corrected chi connectivity index (χ1v) is 3.35. The number of aliphatic hydroxyl groups is 1. The first-order valence-electron chi connectivity index (χ1n) is 3.35. The number of carboxylic acids is 1. The molecule has 0 fully saturated rings. The van der Waals surface area contributed by atoms with Gasteiger partial charge in [0, 0.05) is 5.69 Å². The van der Waals surface area contributed by atoms with Crippen LogP contribution in [0.1, 0.15) is 11.7 Å². The first kappa shape index (κ1) is 12.4. The molecule has 0 saturated heterocycles. The molecule has 0 saturated carbocycles. The largest absolute Gasteiger partial charge is 1.00 e. The molecule has 0 bridgehead atoms. The van der Waals surface area contributed by atoms with Crippen molar-refractivity contribution in [3.05, 3.63) is 29.8 Å². The summed E-state index contributed by atoms with van der Waals surface area (Å²) in [6.07, 6.45) is -1.60. The minimum absolute atomic E-state index is 0. The van der Waals surface area contributed by atoms with Gasteiger partial charge in [0.25, 0.3) is 0 Å². The van der Waals surface area contributed by atoms with E-state index in [0.29, 0.717) is 5.69 Å². The van der Waals surface area contributed by atoms with Crippen molar-refractivity contribution in [3.8, 4) is 0 Å². The molecule has 1 aromatic carbocycles. The Kier molecular flexibility index (Phi) is 5.02. The predicted molar refractivity (Wildman–Crippen MR) is 40.8 cm³/mol. The van der Waals surface area contributed by atoms with Crippen molar-refractivity contribution in [2.75, 3.05) is 5.73 Å². The van der Waals surface area contributed by atoms with Crippen LogP contribution in [0.3, 0.4) is 0 Å². The second-order valence-corrected chi connectivity index (χ2v) is 2.39.